The fourth-order valence-corrected chi connectivity index (χ4v) is 3.49. The molecule has 1 aliphatic carbocycles. The topological polar surface area (TPSA) is 108 Å². The first-order valence-electron chi connectivity index (χ1n) is 8.28. The van der Waals surface area contributed by atoms with E-state index in [1.165, 1.54) is 42.9 Å². The van der Waals surface area contributed by atoms with E-state index in [0.29, 0.717) is 17.9 Å². The zero-order valence-electron chi connectivity index (χ0n) is 13.3. The number of benzene rings is 1. The molecule has 0 spiro atoms. The van der Waals surface area contributed by atoms with Gasteiger partial charge in [-0.05, 0) is 30.5 Å². The number of rotatable bonds is 3. The maximum absolute atomic E-state index is 12.5. The van der Waals surface area contributed by atoms with E-state index in [0.717, 1.165) is 12.8 Å². The summed E-state index contributed by atoms with van der Waals surface area (Å²) in [6, 6.07) is 3.72. The molecule has 3 rings (SSSR count). The van der Waals surface area contributed by atoms with Crippen molar-refractivity contribution in [2.45, 2.75) is 44.6 Å². The molecule has 128 valence electrons. The number of nitrogens with one attached hydrogen (secondary N) is 3. The second kappa shape index (κ2) is 7.00. The summed E-state index contributed by atoms with van der Waals surface area (Å²) in [4.78, 5) is 36.4. The van der Waals surface area contributed by atoms with E-state index < -0.39 is 11.9 Å². The highest BCUT2D eigenvalue weighted by molar-refractivity contribution is 6.11. The zero-order chi connectivity index (χ0) is 17.1. The molecule has 3 amide bonds. The van der Waals surface area contributed by atoms with Crippen molar-refractivity contribution in [1.29, 1.82) is 0 Å². The van der Waals surface area contributed by atoms with Crippen molar-refractivity contribution in [3.05, 3.63) is 29.3 Å². The molecule has 2 aliphatic rings. The monoisotopic (exact) mass is 331 g/mol. The minimum absolute atomic E-state index is 0.162. The van der Waals surface area contributed by atoms with Crippen LogP contribution >= 0.6 is 0 Å². The van der Waals surface area contributed by atoms with Gasteiger partial charge in [0, 0.05) is 5.56 Å². The van der Waals surface area contributed by atoms with Gasteiger partial charge in [-0.2, -0.15) is 0 Å². The van der Waals surface area contributed by atoms with Crippen LogP contribution in [0, 0.1) is 5.92 Å². The summed E-state index contributed by atoms with van der Waals surface area (Å²) in [6.07, 6.45) is 6.40. The SMILES string of the molecule is O=C(NO)c1ccc2c(c1)NC(=O)[C@H](CC1CCCCC1)NC2=O. The zero-order valence-corrected chi connectivity index (χ0v) is 13.3. The van der Waals surface area contributed by atoms with E-state index >= 15 is 0 Å². The Hall–Kier alpha value is -2.41. The third-order valence-corrected chi connectivity index (χ3v) is 4.80. The molecular formula is C17H21N3O4. The van der Waals surface area contributed by atoms with Crippen LogP contribution in [0.1, 0.15) is 59.2 Å². The second-order valence-electron chi connectivity index (χ2n) is 6.46. The van der Waals surface area contributed by atoms with E-state index in [2.05, 4.69) is 10.6 Å². The number of carbonyl (C=O) groups excluding carboxylic acids is 3. The summed E-state index contributed by atoms with van der Waals surface area (Å²) in [5.74, 6) is -0.850. The van der Waals surface area contributed by atoms with Crippen molar-refractivity contribution < 1.29 is 19.6 Å². The van der Waals surface area contributed by atoms with Crippen molar-refractivity contribution in [2.75, 3.05) is 5.32 Å². The first kappa shape index (κ1) is 16.4. The van der Waals surface area contributed by atoms with Crippen molar-refractivity contribution in [3.63, 3.8) is 0 Å². The Morgan fingerprint density at radius 2 is 1.96 bits per heavy atom. The number of hydrogen-bond donors (Lipinski definition) is 4. The Bertz CT molecular complexity index is 668. The molecule has 1 aromatic carbocycles. The summed E-state index contributed by atoms with van der Waals surface area (Å²) < 4.78 is 0. The summed E-state index contributed by atoms with van der Waals surface area (Å²) in [7, 11) is 0. The van der Waals surface area contributed by atoms with Gasteiger partial charge in [0.25, 0.3) is 11.8 Å². The van der Waals surface area contributed by atoms with Crippen LogP contribution in [0.25, 0.3) is 0 Å². The first-order chi connectivity index (χ1) is 11.6. The molecule has 1 fully saturated rings. The average molecular weight is 331 g/mol. The van der Waals surface area contributed by atoms with Gasteiger partial charge < -0.3 is 10.6 Å². The van der Waals surface area contributed by atoms with Crippen LogP contribution < -0.4 is 16.1 Å². The highest BCUT2D eigenvalue weighted by Gasteiger charge is 2.30. The standard InChI is InChI=1S/C17H21N3O4/c21-15(20-24)11-6-7-12-13(9-11)18-17(23)14(19-16(12)22)8-10-4-2-1-3-5-10/h6-7,9-10,14,24H,1-5,8H2,(H,18,23)(H,19,22)(H,20,21)/t14-/m0/s1. The maximum atomic E-state index is 12.5. The number of fused-ring (bicyclic) bond motifs is 1. The fourth-order valence-electron chi connectivity index (χ4n) is 3.49. The molecule has 1 aliphatic heterocycles. The van der Waals surface area contributed by atoms with E-state index in [-0.39, 0.29) is 23.1 Å². The molecule has 7 heteroatoms. The molecule has 0 bridgehead atoms. The Labute approximate surface area is 139 Å². The molecule has 0 saturated heterocycles. The predicted octanol–water partition coefficient (Wildman–Crippen LogP) is 1.83. The summed E-state index contributed by atoms with van der Waals surface area (Å²) >= 11 is 0. The molecule has 0 unspecified atom stereocenters. The third-order valence-electron chi connectivity index (χ3n) is 4.80. The summed E-state index contributed by atoms with van der Waals surface area (Å²) in [6.45, 7) is 0. The molecule has 7 nitrogen and oxygen atoms in total. The number of carbonyl (C=O) groups is 3. The Balaban J connectivity index is 1.79. The van der Waals surface area contributed by atoms with Gasteiger partial charge in [-0.3, -0.25) is 19.6 Å². The van der Waals surface area contributed by atoms with E-state index in [4.69, 9.17) is 5.21 Å². The minimum Gasteiger partial charge on any atom is -0.340 e. The van der Waals surface area contributed by atoms with Gasteiger partial charge in [0.05, 0.1) is 11.3 Å². The molecule has 1 aromatic rings. The van der Waals surface area contributed by atoms with Crippen LogP contribution in [-0.2, 0) is 4.79 Å². The average Bonchev–Trinajstić information content (AvgIpc) is 2.71. The molecule has 1 heterocycles. The Morgan fingerprint density at radius 1 is 1.21 bits per heavy atom. The maximum Gasteiger partial charge on any atom is 0.274 e. The van der Waals surface area contributed by atoms with E-state index in [1.807, 2.05) is 0 Å². The quantitative estimate of drug-likeness (QED) is 0.500. The van der Waals surface area contributed by atoms with Crippen LogP contribution in [0.3, 0.4) is 0 Å². The van der Waals surface area contributed by atoms with Crippen LogP contribution in [-0.4, -0.2) is 29.0 Å². The highest BCUT2D eigenvalue weighted by Crippen LogP contribution is 2.29. The Kier molecular flexibility index (Phi) is 4.80. The second-order valence-corrected chi connectivity index (χ2v) is 6.46. The normalized spacial score (nSPS) is 21.3. The summed E-state index contributed by atoms with van der Waals surface area (Å²) in [5.41, 5.74) is 2.29. The van der Waals surface area contributed by atoms with Crippen LogP contribution in [0.4, 0.5) is 5.69 Å². The van der Waals surface area contributed by atoms with E-state index in [1.54, 1.807) is 0 Å². The molecule has 4 N–H and O–H groups in total. The molecule has 1 atom stereocenters. The molecule has 24 heavy (non-hydrogen) atoms. The minimum atomic E-state index is -0.699. The predicted molar refractivity (Wildman–Crippen MR) is 86.8 cm³/mol. The molecule has 0 aromatic heterocycles. The highest BCUT2D eigenvalue weighted by atomic mass is 16.5. The number of hydroxylamine groups is 1. The third kappa shape index (κ3) is 3.41. The van der Waals surface area contributed by atoms with Gasteiger partial charge in [-0.25, -0.2) is 5.48 Å². The van der Waals surface area contributed by atoms with Crippen molar-refractivity contribution in [1.82, 2.24) is 10.8 Å². The van der Waals surface area contributed by atoms with Gasteiger partial charge in [0.1, 0.15) is 6.04 Å². The molecule has 0 radical (unpaired) electrons. The number of anilines is 1. The molecule has 1 saturated carbocycles. The van der Waals surface area contributed by atoms with Crippen molar-refractivity contribution in [3.8, 4) is 0 Å². The lowest BCUT2D eigenvalue weighted by atomic mass is 9.84. The lowest BCUT2D eigenvalue weighted by Crippen LogP contribution is -2.42. The van der Waals surface area contributed by atoms with Gasteiger partial charge in [-0.1, -0.05) is 32.1 Å². The van der Waals surface area contributed by atoms with Crippen molar-refractivity contribution >= 4 is 23.4 Å². The molecular weight excluding hydrogens is 310 g/mol. The number of hydrogen-bond acceptors (Lipinski definition) is 4. The van der Waals surface area contributed by atoms with Crippen LogP contribution in [0.15, 0.2) is 18.2 Å². The van der Waals surface area contributed by atoms with Crippen LogP contribution in [0.2, 0.25) is 0 Å². The largest absolute Gasteiger partial charge is 0.340 e. The Morgan fingerprint density at radius 3 is 2.67 bits per heavy atom. The van der Waals surface area contributed by atoms with Gasteiger partial charge in [0.2, 0.25) is 5.91 Å². The van der Waals surface area contributed by atoms with Gasteiger partial charge in [-0.15, -0.1) is 0 Å². The van der Waals surface area contributed by atoms with E-state index in [9.17, 15) is 14.4 Å². The number of amides is 3. The lowest BCUT2D eigenvalue weighted by Gasteiger charge is -2.25. The van der Waals surface area contributed by atoms with Crippen molar-refractivity contribution in [2.24, 2.45) is 5.92 Å². The first-order valence-corrected chi connectivity index (χ1v) is 8.28. The van der Waals surface area contributed by atoms with Gasteiger partial charge in [0.15, 0.2) is 0 Å². The lowest BCUT2D eigenvalue weighted by molar-refractivity contribution is -0.118. The summed E-state index contributed by atoms with van der Waals surface area (Å²) in [5, 5.41) is 14.2. The smallest absolute Gasteiger partial charge is 0.274 e. The fraction of sp³-hybridized carbons (Fsp3) is 0.471. The van der Waals surface area contributed by atoms with Crippen LogP contribution in [0.5, 0.6) is 0 Å². The van der Waals surface area contributed by atoms with Gasteiger partial charge >= 0.3 is 0 Å².